The average molecular weight is 410 g/mol. The van der Waals surface area contributed by atoms with Crippen LogP contribution in [0.2, 0.25) is 0 Å². The number of ether oxygens (including phenoxy) is 2. The lowest BCUT2D eigenvalue weighted by atomic mass is 10.0. The Labute approximate surface area is 173 Å². The highest BCUT2D eigenvalue weighted by Gasteiger charge is 2.38. The first-order valence-electron chi connectivity index (χ1n) is 9.79. The normalized spacial score (nSPS) is 24.4. The second-order valence-corrected chi connectivity index (χ2v) is 7.35. The number of aliphatic hydroxyl groups excluding tert-OH is 3. The van der Waals surface area contributed by atoms with Crippen LogP contribution in [0.25, 0.3) is 22.9 Å². The highest BCUT2D eigenvalue weighted by atomic mass is 19.1. The molecule has 6 heteroatoms. The van der Waals surface area contributed by atoms with E-state index in [1.165, 1.54) is 12.1 Å². The van der Waals surface area contributed by atoms with E-state index in [-0.39, 0.29) is 18.8 Å². The summed E-state index contributed by atoms with van der Waals surface area (Å²) in [7, 11) is 0. The summed E-state index contributed by atoms with van der Waals surface area (Å²) in [5.74, 6) is 0.117. The van der Waals surface area contributed by atoms with Gasteiger partial charge in [-0.1, -0.05) is 48.6 Å². The Morgan fingerprint density at radius 1 is 1.00 bits per heavy atom. The Kier molecular flexibility index (Phi) is 6.11. The number of halogens is 1. The molecule has 1 fully saturated rings. The van der Waals surface area contributed by atoms with Gasteiger partial charge in [-0.3, -0.25) is 0 Å². The Morgan fingerprint density at radius 3 is 2.50 bits per heavy atom. The summed E-state index contributed by atoms with van der Waals surface area (Å²) in [5.41, 5.74) is 1.40. The van der Waals surface area contributed by atoms with Crippen LogP contribution in [0.4, 0.5) is 4.39 Å². The predicted molar refractivity (Wildman–Crippen MR) is 112 cm³/mol. The summed E-state index contributed by atoms with van der Waals surface area (Å²) in [4.78, 5) is 0. The molecule has 4 rings (SSSR count). The molecule has 5 nitrogen and oxygen atoms in total. The van der Waals surface area contributed by atoms with E-state index in [2.05, 4.69) is 0 Å². The van der Waals surface area contributed by atoms with Crippen LogP contribution in [0.5, 0.6) is 5.75 Å². The van der Waals surface area contributed by atoms with E-state index in [1.54, 1.807) is 24.3 Å². The highest BCUT2D eigenvalue weighted by molar-refractivity contribution is 5.88. The first-order chi connectivity index (χ1) is 14.5. The van der Waals surface area contributed by atoms with Crippen LogP contribution in [0.15, 0.2) is 60.7 Å². The van der Waals surface area contributed by atoms with Gasteiger partial charge >= 0.3 is 0 Å². The Balaban J connectivity index is 1.69. The van der Waals surface area contributed by atoms with Gasteiger partial charge in [0.25, 0.3) is 0 Å². The van der Waals surface area contributed by atoms with Crippen molar-refractivity contribution < 1.29 is 29.2 Å². The van der Waals surface area contributed by atoms with Gasteiger partial charge in [0.05, 0.1) is 18.8 Å². The number of benzene rings is 3. The minimum atomic E-state index is -1.25. The molecule has 1 aliphatic rings. The molecule has 156 valence electrons. The van der Waals surface area contributed by atoms with Crippen molar-refractivity contribution in [3.8, 4) is 5.75 Å². The van der Waals surface area contributed by atoms with Crippen LogP contribution >= 0.6 is 0 Å². The molecule has 3 aromatic carbocycles. The van der Waals surface area contributed by atoms with E-state index in [1.807, 2.05) is 36.4 Å². The lowest BCUT2D eigenvalue weighted by molar-refractivity contribution is -0.240. The third-order valence-electron chi connectivity index (χ3n) is 5.13. The quantitative estimate of drug-likeness (QED) is 0.562. The fourth-order valence-electron chi connectivity index (χ4n) is 3.52. The van der Waals surface area contributed by atoms with Gasteiger partial charge in [-0.15, -0.1) is 0 Å². The maximum Gasteiger partial charge on any atom is 0.229 e. The molecule has 0 spiro atoms. The minimum absolute atomic E-state index is 0.127. The van der Waals surface area contributed by atoms with Gasteiger partial charge in [-0.2, -0.15) is 0 Å². The lowest BCUT2D eigenvalue weighted by Crippen LogP contribution is -2.51. The molecule has 0 bridgehead atoms. The molecule has 0 radical (unpaired) electrons. The predicted octanol–water partition coefficient (Wildman–Crippen LogP) is 3.36. The monoisotopic (exact) mass is 410 g/mol. The molecule has 3 aromatic rings. The van der Waals surface area contributed by atoms with Crippen LogP contribution in [0, 0.1) is 5.82 Å². The van der Waals surface area contributed by atoms with Crippen LogP contribution in [-0.2, 0) is 4.74 Å². The van der Waals surface area contributed by atoms with E-state index in [9.17, 15) is 19.7 Å². The van der Waals surface area contributed by atoms with E-state index in [4.69, 9.17) is 9.47 Å². The number of rotatable bonds is 5. The summed E-state index contributed by atoms with van der Waals surface area (Å²) in [6.07, 6.45) is -0.378. The van der Waals surface area contributed by atoms with Crippen LogP contribution in [-0.4, -0.2) is 46.5 Å². The number of aliphatic hydroxyl groups is 3. The van der Waals surface area contributed by atoms with E-state index < -0.39 is 24.6 Å². The fourth-order valence-corrected chi connectivity index (χ4v) is 3.52. The first kappa shape index (κ1) is 20.5. The Morgan fingerprint density at radius 2 is 1.77 bits per heavy atom. The molecule has 1 aliphatic heterocycles. The third kappa shape index (κ3) is 4.52. The largest absolute Gasteiger partial charge is 0.461 e. The van der Waals surface area contributed by atoms with E-state index >= 15 is 0 Å². The molecule has 1 heterocycles. The molecular weight excluding hydrogens is 387 g/mol. The first-order valence-corrected chi connectivity index (χ1v) is 9.79. The van der Waals surface area contributed by atoms with Gasteiger partial charge in [0.1, 0.15) is 17.7 Å². The molecule has 4 unspecified atom stereocenters. The van der Waals surface area contributed by atoms with Crippen molar-refractivity contribution in [3.63, 3.8) is 0 Å². The van der Waals surface area contributed by atoms with Gasteiger partial charge < -0.3 is 24.8 Å². The summed E-state index contributed by atoms with van der Waals surface area (Å²) < 4.78 is 25.1. The molecular formula is C24H23FO5. The second-order valence-electron chi connectivity index (χ2n) is 7.35. The third-order valence-corrected chi connectivity index (χ3v) is 5.13. The van der Waals surface area contributed by atoms with Gasteiger partial charge in [0.2, 0.25) is 6.29 Å². The van der Waals surface area contributed by atoms with Gasteiger partial charge in [0.15, 0.2) is 0 Å². The van der Waals surface area contributed by atoms with Crippen LogP contribution < -0.4 is 4.74 Å². The molecule has 4 atom stereocenters. The van der Waals surface area contributed by atoms with Gasteiger partial charge in [0, 0.05) is 12.0 Å². The van der Waals surface area contributed by atoms with Gasteiger partial charge in [-0.25, -0.2) is 4.39 Å². The summed E-state index contributed by atoms with van der Waals surface area (Å²) in [5, 5.41) is 31.7. The Hall–Kier alpha value is -2.77. The van der Waals surface area contributed by atoms with Crippen molar-refractivity contribution >= 4 is 22.9 Å². The zero-order valence-corrected chi connectivity index (χ0v) is 16.2. The van der Waals surface area contributed by atoms with Gasteiger partial charge in [-0.05, 0) is 40.6 Å². The number of hydrogen-bond acceptors (Lipinski definition) is 5. The molecule has 0 aromatic heterocycles. The molecule has 30 heavy (non-hydrogen) atoms. The van der Waals surface area contributed by atoms with Crippen molar-refractivity contribution in [2.45, 2.75) is 31.0 Å². The highest BCUT2D eigenvalue weighted by Crippen LogP contribution is 2.31. The number of hydrogen-bond donors (Lipinski definition) is 3. The van der Waals surface area contributed by atoms with E-state index in [0.717, 1.165) is 10.8 Å². The topological polar surface area (TPSA) is 79.2 Å². The minimum Gasteiger partial charge on any atom is -0.461 e. The second kappa shape index (κ2) is 8.93. The molecule has 0 aliphatic carbocycles. The SMILES string of the molecule is OCC1CC(O)C(O)C(Oc2cc3ccccc3cc2/C=C/c2cccc(F)c2)O1. The van der Waals surface area contributed by atoms with Crippen molar-refractivity contribution in [2.75, 3.05) is 6.61 Å². The standard InChI is InChI=1S/C24H23FO5/c25-19-7-3-4-15(10-19)8-9-18-11-16-5-1-2-6-17(16)12-22(18)30-24-23(28)21(27)13-20(14-26)29-24/h1-12,20-21,23-24,26-28H,13-14H2/b9-8+. The maximum absolute atomic E-state index is 13.5. The van der Waals surface area contributed by atoms with Crippen LogP contribution in [0.1, 0.15) is 17.5 Å². The number of fused-ring (bicyclic) bond motifs is 1. The van der Waals surface area contributed by atoms with Crippen molar-refractivity contribution in [1.29, 1.82) is 0 Å². The summed E-state index contributed by atoms with van der Waals surface area (Å²) >= 11 is 0. The zero-order chi connectivity index (χ0) is 21.1. The Bertz CT molecular complexity index is 1050. The van der Waals surface area contributed by atoms with Crippen molar-refractivity contribution in [3.05, 3.63) is 77.6 Å². The average Bonchev–Trinajstić information content (AvgIpc) is 2.75. The maximum atomic E-state index is 13.5. The molecule has 0 amide bonds. The lowest BCUT2D eigenvalue weighted by Gasteiger charge is -2.36. The van der Waals surface area contributed by atoms with Crippen molar-refractivity contribution in [2.24, 2.45) is 0 Å². The van der Waals surface area contributed by atoms with Crippen molar-refractivity contribution in [1.82, 2.24) is 0 Å². The zero-order valence-electron chi connectivity index (χ0n) is 16.2. The fraction of sp³-hybridized carbons (Fsp3) is 0.250. The van der Waals surface area contributed by atoms with E-state index in [0.29, 0.717) is 16.9 Å². The molecule has 1 saturated heterocycles. The molecule has 0 saturated carbocycles. The summed E-state index contributed by atoms with van der Waals surface area (Å²) in [6, 6.07) is 17.7. The summed E-state index contributed by atoms with van der Waals surface area (Å²) in [6.45, 7) is -0.284. The van der Waals surface area contributed by atoms with Crippen LogP contribution in [0.3, 0.4) is 0 Å². The molecule has 3 N–H and O–H groups in total. The smallest absolute Gasteiger partial charge is 0.229 e.